The molecule has 0 heterocycles. The Morgan fingerprint density at radius 3 is 2.09 bits per heavy atom. The van der Waals surface area contributed by atoms with Crippen LogP contribution in [0, 0.1) is 0 Å². The van der Waals surface area contributed by atoms with Gasteiger partial charge in [-0.2, -0.15) is 0 Å². The van der Waals surface area contributed by atoms with E-state index in [4.69, 9.17) is 18.9 Å². The van der Waals surface area contributed by atoms with Gasteiger partial charge in [-0.05, 0) is 24.6 Å². The third kappa shape index (κ3) is 5.48. The summed E-state index contributed by atoms with van der Waals surface area (Å²) in [5.41, 5.74) is 0.168. The van der Waals surface area contributed by atoms with Crippen molar-refractivity contribution in [1.29, 1.82) is 0 Å². The normalized spacial score (nSPS) is 10.9. The van der Waals surface area contributed by atoms with E-state index >= 15 is 0 Å². The van der Waals surface area contributed by atoms with E-state index in [0.717, 1.165) is 0 Å². The monoisotopic (exact) mass is 466 g/mol. The smallest absolute Gasteiger partial charge is 0.340 e. The van der Waals surface area contributed by atoms with Gasteiger partial charge in [0.2, 0.25) is 10.0 Å². The minimum Gasteiger partial charge on any atom is -0.495 e. The average molecular weight is 467 g/mol. The Morgan fingerprint density at radius 2 is 1.53 bits per heavy atom. The molecular weight excluding hydrogens is 440 g/mol. The van der Waals surface area contributed by atoms with E-state index in [0.29, 0.717) is 6.42 Å². The van der Waals surface area contributed by atoms with Gasteiger partial charge < -0.3 is 24.3 Å². The van der Waals surface area contributed by atoms with Crippen LogP contribution in [0.3, 0.4) is 0 Å². The minimum atomic E-state index is -3.90. The summed E-state index contributed by atoms with van der Waals surface area (Å²) in [6.07, 6.45) is 0.595. The van der Waals surface area contributed by atoms with Crippen LogP contribution in [0.5, 0.6) is 17.2 Å². The number of amides is 1. The van der Waals surface area contributed by atoms with Gasteiger partial charge in [0, 0.05) is 24.2 Å². The first-order valence-electron chi connectivity index (χ1n) is 9.55. The second kappa shape index (κ2) is 10.8. The van der Waals surface area contributed by atoms with Gasteiger partial charge in [0.1, 0.15) is 10.6 Å². The summed E-state index contributed by atoms with van der Waals surface area (Å²) >= 11 is 0. The fourth-order valence-corrected chi connectivity index (χ4v) is 4.12. The molecule has 174 valence electrons. The molecule has 0 bridgehead atoms. The first-order valence-corrected chi connectivity index (χ1v) is 11.0. The van der Waals surface area contributed by atoms with Gasteiger partial charge in [0.15, 0.2) is 11.5 Å². The number of benzene rings is 2. The van der Waals surface area contributed by atoms with E-state index in [1.54, 1.807) is 0 Å². The summed E-state index contributed by atoms with van der Waals surface area (Å²) in [7, 11) is 1.45. The number of anilines is 1. The van der Waals surface area contributed by atoms with Crippen molar-refractivity contribution in [3.63, 3.8) is 0 Å². The molecule has 1 amide bonds. The highest BCUT2D eigenvalue weighted by atomic mass is 32.2. The summed E-state index contributed by atoms with van der Waals surface area (Å²) in [4.78, 5) is 25.0. The molecule has 2 rings (SSSR count). The molecule has 11 heteroatoms. The van der Waals surface area contributed by atoms with Crippen molar-refractivity contribution in [2.45, 2.75) is 18.2 Å². The molecule has 0 aromatic heterocycles. The van der Waals surface area contributed by atoms with Crippen LogP contribution in [0.15, 0.2) is 35.2 Å². The topological polar surface area (TPSA) is 129 Å². The average Bonchev–Trinajstić information content (AvgIpc) is 2.81. The van der Waals surface area contributed by atoms with Crippen LogP contribution in [-0.4, -0.2) is 55.3 Å². The highest BCUT2D eigenvalue weighted by molar-refractivity contribution is 7.89. The van der Waals surface area contributed by atoms with Gasteiger partial charge in [-0.25, -0.2) is 17.9 Å². The largest absolute Gasteiger partial charge is 0.495 e. The lowest BCUT2D eigenvalue weighted by Gasteiger charge is -2.15. The van der Waals surface area contributed by atoms with Gasteiger partial charge in [0.25, 0.3) is 5.91 Å². The van der Waals surface area contributed by atoms with Gasteiger partial charge in [0.05, 0.1) is 39.7 Å². The highest BCUT2D eigenvalue weighted by Crippen LogP contribution is 2.34. The molecule has 0 aliphatic heterocycles. The van der Waals surface area contributed by atoms with Gasteiger partial charge in [-0.1, -0.05) is 6.92 Å². The Morgan fingerprint density at radius 1 is 0.906 bits per heavy atom. The maximum atomic E-state index is 12.9. The van der Waals surface area contributed by atoms with E-state index < -0.39 is 21.9 Å². The SMILES string of the molecule is CCCNS(=O)(=O)c1cc(C(=O)Nc2cc(OC)c(OC)cc2C(=O)OC)ccc1OC. The molecular formula is C21H26N2O8S. The Hall–Kier alpha value is -3.31. The number of nitrogens with one attached hydrogen (secondary N) is 2. The summed E-state index contributed by atoms with van der Waals surface area (Å²) in [5.74, 6) is -0.727. The molecule has 0 atom stereocenters. The maximum absolute atomic E-state index is 12.9. The van der Waals surface area contributed by atoms with Crippen molar-refractivity contribution in [3.8, 4) is 17.2 Å². The standard InChI is InChI=1S/C21H26N2O8S/c1-6-9-22-32(26,27)19-10-13(7-8-16(19)28-2)20(24)23-15-12-18(30-4)17(29-3)11-14(15)21(25)31-5/h7-8,10-12,22H,6,9H2,1-5H3,(H,23,24). The van der Waals surface area contributed by atoms with Crippen LogP contribution in [0.25, 0.3) is 0 Å². The van der Waals surface area contributed by atoms with E-state index in [1.807, 2.05) is 6.92 Å². The van der Waals surface area contributed by atoms with Crippen molar-refractivity contribution in [2.75, 3.05) is 40.3 Å². The van der Waals surface area contributed by atoms with Crippen LogP contribution in [0.2, 0.25) is 0 Å². The van der Waals surface area contributed by atoms with Crippen LogP contribution in [-0.2, 0) is 14.8 Å². The van der Waals surface area contributed by atoms with Crippen molar-refractivity contribution in [3.05, 3.63) is 41.5 Å². The van der Waals surface area contributed by atoms with Crippen molar-refractivity contribution >= 4 is 27.6 Å². The first-order chi connectivity index (χ1) is 15.2. The third-order valence-corrected chi connectivity index (χ3v) is 5.92. The summed E-state index contributed by atoms with van der Waals surface area (Å²) in [5, 5.41) is 2.60. The molecule has 0 radical (unpaired) electrons. The molecule has 2 N–H and O–H groups in total. The molecule has 2 aromatic carbocycles. The Kier molecular flexibility index (Phi) is 8.44. The molecule has 0 aliphatic carbocycles. The summed E-state index contributed by atoms with van der Waals surface area (Å²) in [6, 6.07) is 6.77. The predicted octanol–water partition coefficient (Wildman–Crippen LogP) is 2.44. The number of rotatable bonds is 10. The molecule has 10 nitrogen and oxygen atoms in total. The number of carbonyl (C=O) groups excluding carboxylic acids is 2. The summed E-state index contributed by atoms with van der Waals surface area (Å²) in [6.45, 7) is 2.06. The van der Waals surface area contributed by atoms with E-state index in [2.05, 4.69) is 10.0 Å². The maximum Gasteiger partial charge on any atom is 0.340 e. The Labute approximate surface area is 186 Å². The molecule has 2 aromatic rings. The number of hydrogen-bond donors (Lipinski definition) is 2. The third-order valence-electron chi connectivity index (χ3n) is 4.43. The molecule has 0 spiro atoms. The quantitative estimate of drug-likeness (QED) is 0.511. The lowest BCUT2D eigenvalue weighted by Crippen LogP contribution is -2.25. The van der Waals surface area contributed by atoms with Crippen LogP contribution in [0.1, 0.15) is 34.1 Å². The van der Waals surface area contributed by atoms with Crippen molar-refractivity contribution in [2.24, 2.45) is 0 Å². The molecule has 0 saturated carbocycles. The minimum absolute atomic E-state index is 0.0319. The molecule has 0 saturated heterocycles. The number of hydrogen-bond acceptors (Lipinski definition) is 8. The number of esters is 1. The van der Waals surface area contributed by atoms with Crippen LogP contribution < -0.4 is 24.2 Å². The lowest BCUT2D eigenvalue weighted by molar-refractivity contribution is 0.0601. The van der Waals surface area contributed by atoms with E-state index in [-0.39, 0.29) is 45.5 Å². The summed E-state index contributed by atoms with van der Waals surface area (Å²) < 4.78 is 48.0. The molecule has 0 aliphatic rings. The Bertz CT molecular complexity index is 1100. The van der Waals surface area contributed by atoms with Gasteiger partial charge >= 0.3 is 5.97 Å². The van der Waals surface area contributed by atoms with Crippen molar-refractivity contribution < 1.29 is 37.0 Å². The zero-order valence-corrected chi connectivity index (χ0v) is 19.3. The first kappa shape index (κ1) is 25.0. The predicted molar refractivity (Wildman–Crippen MR) is 117 cm³/mol. The zero-order chi connectivity index (χ0) is 23.9. The number of carbonyl (C=O) groups is 2. The zero-order valence-electron chi connectivity index (χ0n) is 18.5. The lowest BCUT2D eigenvalue weighted by atomic mass is 10.1. The fourth-order valence-electron chi connectivity index (χ4n) is 2.80. The number of ether oxygens (including phenoxy) is 4. The number of sulfonamides is 1. The second-order valence-electron chi connectivity index (χ2n) is 6.46. The van der Waals surface area contributed by atoms with Gasteiger partial charge in [-0.3, -0.25) is 4.79 Å². The molecule has 0 unspecified atom stereocenters. The highest BCUT2D eigenvalue weighted by Gasteiger charge is 2.23. The Balaban J connectivity index is 2.49. The molecule has 32 heavy (non-hydrogen) atoms. The van der Waals surface area contributed by atoms with Crippen LogP contribution >= 0.6 is 0 Å². The molecule has 0 fully saturated rings. The van der Waals surface area contributed by atoms with Gasteiger partial charge in [-0.15, -0.1) is 0 Å². The van der Waals surface area contributed by atoms with E-state index in [9.17, 15) is 18.0 Å². The van der Waals surface area contributed by atoms with Crippen molar-refractivity contribution in [1.82, 2.24) is 4.72 Å². The second-order valence-corrected chi connectivity index (χ2v) is 8.20. The fraction of sp³-hybridized carbons (Fsp3) is 0.333. The number of methoxy groups -OCH3 is 4. The van der Waals surface area contributed by atoms with E-state index in [1.165, 1.54) is 58.8 Å². The van der Waals surface area contributed by atoms with Crippen LogP contribution in [0.4, 0.5) is 5.69 Å².